The van der Waals surface area contributed by atoms with Gasteiger partial charge in [0.05, 0.1) is 0 Å². The Balaban J connectivity index is 1.37. The van der Waals surface area contributed by atoms with E-state index in [0.717, 1.165) is 22.0 Å². The first-order valence-corrected chi connectivity index (χ1v) is 9.45. The quantitative estimate of drug-likeness (QED) is 0.762. The number of amides is 1. The summed E-state index contributed by atoms with van der Waals surface area (Å²) in [4.78, 5) is 31.6. The predicted molar refractivity (Wildman–Crippen MR) is 109 cm³/mol. The molecule has 1 aliphatic rings. The Bertz CT molecular complexity index is 1040. The van der Waals surface area contributed by atoms with Crippen molar-refractivity contribution in [2.75, 3.05) is 26.2 Å². The van der Waals surface area contributed by atoms with Gasteiger partial charge >= 0.3 is 6.09 Å². The van der Waals surface area contributed by atoms with Crippen molar-refractivity contribution in [1.82, 2.24) is 14.8 Å². The summed E-state index contributed by atoms with van der Waals surface area (Å²) in [6, 6.07) is 17.1. The lowest BCUT2D eigenvalue weighted by molar-refractivity contribution is 0.107. The van der Waals surface area contributed by atoms with E-state index < -0.39 is 0 Å². The van der Waals surface area contributed by atoms with Crippen molar-refractivity contribution < 1.29 is 9.53 Å². The number of benzene rings is 2. The molecule has 1 amide bonds. The van der Waals surface area contributed by atoms with Crippen LogP contribution in [0.5, 0.6) is 5.75 Å². The number of para-hydroxylation sites is 1. The van der Waals surface area contributed by atoms with Crippen LogP contribution in [0.3, 0.4) is 0 Å². The second kappa shape index (κ2) is 7.86. The number of nitrogens with zero attached hydrogens (tertiary/aromatic N) is 2. The number of ether oxygens (including phenoxy) is 1. The van der Waals surface area contributed by atoms with Crippen molar-refractivity contribution in [3.05, 3.63) is 76.1 Å². The fraction of sp³-hybridized carbons (Fsp3) is 0.273. The molecular weight excluding hydrogens is 354 g/mol. The Morgan fingerprint density at radius 1 is 1.04 bits per heavy atom. The highest BCUT2D eigenvalue weighted by atomic mass is 16.6. The number of aryl methyl sites for hydroxylation is 1. The second-order valence-electron chi connectivity index (χ2n) is 7.16. The lowest BCUT2D eigenvalue weighted by atomic mass is 10.1. The van der Waals surface area contributed by atoms with Gasteiger partial charge in [0, 0.05) is 43.8 Å². The fourth-order valence-electron chi connectivity index (χ4n) is 3.46. The topological polar surface area (TPSA) is 65.6 Å². The lowest BCUT2D eigenvalue weighted by Gasteiger charge is -2.33. The molecule has 0 bridgehead atoms. The molecule has 0 unspecified atom stereocenters. The van der Waals surface area contributed by atoms with Crippen molar-refractivity contribution in [2.45, 2.75) is 13.5 Å². The van der Waals surface area contributed by atoms with Crippen molar-refractivity contribution in [3.63, 3.8) is 0 Å². The molecule has 0 saturated carbocycles. The van der Waals surface area contributed by atoms with Gasteiger partial charge in [0.2, 0.25) is 0 Å². The molecule has 0 spiro atoms. The normalized spacial score (nSPS) is 15.0. The van der Waals surface area contributed by atoms with Crippen LogP contribution in [0.4, 0.5) is 4.79 Å². The molecule has 2 heterocycles. The molecule has 6 heteroatoms. The number of fused-ring (bicyclic) bond motifs is 1. The van der Waals surface area contributed by atoms with Crippen LogP contribution in [-0.4, -0.2) is 47.1 Å². The number of carbonyl (C=O) groups is 1. The fourth-order valence-corrected chi connectivity index (χ4v) is 3.46. The minimum Gasteiger partial charge on any atom is -0.410 e. The highest BCUT2D eigenvalue weighted by Gasteiger charge is 2.23. The van der Waals surface area contributed by atoms with Crippen LogP contribution in [0, 0.1) is 6.92 Å². The van der Waals surface area contributed by atoms with Gasteiger partial charge in [0.1, 0.15) is 5.75 Å². The minimum atomic E-state index is -0.329. The smallest absolute Gasteiger partial charge is 0.410 e. The second-order valence-corrected chi connectivity index (χ2v) is 7.16. The van der Waals surface area contributed by atoms with E-state index in [4.69, 9.17) is 4.74 Å². The van der Waals surface area contributed by atoms with Gasteiger partial charge in [0.25, 0.3) is 5.56 Å². The van der Waals surface area contributed by atoms with E-state index in [0.29, 0.717) is 38.5 Å². The molecule has 1 aromatic heterocycles. The Morgan fingerprint density at radius 2 is 1.79 bits per heavy atom. The molecule has 0 radical (unpaired) electrons. The van der Waals surface area contributed by atoms with E-state index >= 15 is 0 Å². The van der Waals surface area contributed by atoms with Gasteiger partial charge in [-0.1, -0.05) is 30.3 Å². The zero-order valence-corrected chi connectivity index (χ0v) is 15.9. The summed E-state index contributed by atoms with van der Waals surface area (Å²) in [7, 11) is 0. The van der Waals surface area contributed by atoms with E-state index in [1.807, 2.05) is 49.4 Å². The van der Waals surface area contributed by atoms with Crippen LogP contribution in [0.1, 0.15) is 11.1 Å². The molecule has 4 rings (SSSR count). The summed E-state index contributed by atoms with van der Waals surface area (Å²) < 4.78 is 5.40. The molecule has 28 heavy (non-hydrogen) atoms. The Morgan fingerprint density at radius 3 is 2.54 bits per heavy atom. The molecule has 2 aromatic carbocycles. The maximum Gasteiger partial charge on any atom is 0.415 e. The van der Waals surface area contributed by atoms with Crippen LogP contribution in [0.2, 0.25) is 0 Å². The van der Waals surface area contributed by atoms with Crippen LogP contribution in [-0.2, 0) is 6.54 Å². The average Bonchev–Trinajstić information content (AvgIpc) is 2.70. The zero-order valence-electron chi connectivity index (χ0n) is 15.9. The molecule has 0 atom stereocenters. The number of pyridine rings is 1. The third kappa shape index (κ3) is 4.07. The van der Waals surface area contributed by atoms with Gasteiger partial charge in [-0.15, -0.1) is 0 Å². The summed E-state index contributed by atoms with van der Waals surface area (Å²) in [5.74, 6) is 0.549. The van der Waals surface area contributed by atoms with E-state index in [2.05, 4.69) is 9.88 Å². The van der Waals surface area contributed by atoms with E-state index in [1.165, 1.54) is 0 Å². The number of carbonyl (C=O) groups excluding carboxylic acids is 1. The van der Waals surface area contributed by atoms with Gasteiger partial charge < -0.3 is 14.6 Å². The SMILES string of the molecule is Cc1ccc2cc(CN3CCN(C(=O)Oc4ccccc4)CC3)c(=O)[nH]c2c1. The number of H-pyrrole nitrogens is 1. The molecule has 1 aliphatic heterocycles. The van der Waals surface area contributed by atoms with Gasteiger partial charge in [0.15, 0.2) is 0 Å². The van der Waals surface area contributed by atoms with Crippen LogP contribution in [0.15, 0.2) is 59.4 Å². The zero-order chi connectivity index (χ0) is 19.5. The molecule has 0 aliphatic carbocycles. The first-order valence-electron chi connectivity index (χ1n) is 9.45. The maximum absolute atomic E-state index is 12.4. The summed E-state index contributed by atoms with van der Waals surface area (Å²) in [5.41, 5.74) is 2.68. The van der Waals surface area contributed by atoms with Crippen LogP contribution in [0.25, 0.3) is 10.9 Å². The van der Waals surface area contributed by atoms with Crippen LogP contribution >= 0.6 is 0 Å². The maximum atomic E-state index is 12.4. The summed E-state index contributed by atoms with van der Waals surface area (Å²) in [6.07, 6.45) is -0.329. The van der Waals surface area contributed by atoms with Gasteiger partial charge in [-0.2, -0.15) is 0 Å². The molecule has 1 N–H and O–H groups in total. The van der Waals surface area contributed by atoms with Gasteiger partial charge in [-0.3, -0.25) is 9.69 Å². The molecular formula is C22H23N3O3. The summed E-state index contributed by atoms with van der Waals surface area (Å²) in [6.45, 7) is 5.14. The Labute approximate surface area is 163 Å². The van der Waals surface area contributed by atoms with Crippen LogP contribution < -0.4 is 10.3 Å². The predicted octanol–water partition coefficient (Wildman–Crippen LogP) is 3.15. The highest BCUT2D eigenvalue weighted by Crippen LogP contribution is 2.15. The van der Waals surface area contributed by atoms with Crippen molar-refractivity contribution in [2.24, 2.45) is 0 Å². The van der Waals surface area contributed by atoms with Gasteiger partial charge in [-0.25, -0.2) is 4.79 Å². The van der Waals surface area contributed by atoms with E-state index in [-0.39, 0.29) is 11.7 Å². The third-order valence-corrected chi connectivity index (χ3v) is 5.05. The number of piperazine rings is 1. The largest absolute Gasteiger partial charge is 0.415 e. The first-order chi connectivity index (χ1) is 13.6. The lowest BCUT2D eigenvalue weighted by Crippen LogP contribution is -2.49. The molecule has 6 nitrogen and oxygen atoms in total. The van der Waals surface area contributed by atoms with E-state index in [1.54, 1.807) is 17.0 Å². The number of hydrogen-bond donors (Lipinski definition) is 1. The third-order valence-electron chi connectivity index (χ3n) is 5.05. The number of aromatic nitrogens is 1. The molecule has 144 valence electrons. The van der Waals surface area contributed by atoms with Crippen molar-refractivity contribution >= 4 is 17.0 Å². The molecule has 1 fully saturated rings. The number of nitrogens with one attached hydrogen (secondary N) is 1. The summed E-state index contributed by atoms with van der Waals surface area (Å²) >= 11 is 0. The standard InChI is InChI=1S/C22H23N3O3/c1-16-7-8-17-14-18(21(26)23-20(17)13-16)15-24-9-11-25(12-10-24)22(27)28-19-5-3-2-4-6-19/h2-8,13-14H,9-12,15H2,1H3,(H,23,26). The summed E-state index contributed by atoms with van der Waals surface area (Å²) in [5, 5.41) is 1.03. The minimum absolute atomic E-state index is 0.0518. The highest BCUT2D eigenvalue weighted by molar-refractivity contribution is 5.79. The van der Waals surface area contributed by atoms with Crippen molar-refractivity contribution in [1.29, 1.82) is 0 Å². The first kappa shape index (κ1) is 18.3. The number of hydrogen-bond acceptors (Lipinski definition) is 4. The Hall–Kier alpha value is -3.12. The van der Waals surface area contributed by atoms with E-state index in [9.17, 15) is 9.59 Å². The molecule has 1 saturated heterocycles. The average molecular weight is 377 g/mol. The number of rotatable bonds is 3. The van der Waals surface area contributed by atoms with Gasteiger partial charge in [-0.05, 0) is 42.1 Å². The van der Waals surface area contributed by atoms with Crippen molar-refractivity contribution in [3.8, 4) is 5.75 Å². The Kier molecular flexibility index (Phi) is 5.12. The molecule has 3 aromatic rings. The monoisotopic (exact) mass is 377 g/mol. The number of aromatic amines is 1.